The molecule has 0 amide bonds. The van der Waals surface area contributed by atoms with Crippen molar-refractivity contribution in [1.82, 2.24) is 9.97 Å². The molecule has 1 N–H and O–H groups in total. The second-order valence-electron chi connectivity index (χ2n) is 5.23. The molecule has 0 atom stereocenters. The minimum atomic E-state index is 0.0720. The number of Topliss-reactive ketones (excluding diaryl/α,β-unsaturated/α-hetero) is 1. The number of H-pyrrole nitrogens is 1. The number of benzene rings is 1. The first kappa shape index (κ1) is 15.0. The molecule has 112 valence electrons. The third-order valence-electron chi connectivity index (χ3n) is 3.62. The number of aromatic nitrogens is 2. The van der Waals surface area contributed by atoms with Crippen LogP contribution in [0, 0.1) is 13.8 Å². The molecule has 0 radical (unpaired) electrons. The smallest absolute Gasteiger partial charge is 0.161 e. The largest absolute Gasteiger partial charge is 0.356 e. The monoisotopic (exact) mass is 330 g/mol. The highest BCUT2D eigenvalue weighted by atomic mass is 35.5. The van der Waals surface area contributed by atoms with Crippen molar-refractivity contribution in [2.75, 3.05) is 0 Å². The van der Waals surface area contributed by atoms with E-state index in [9.17, 15) is 4.79 Å². The van der Waals surface area contributed by atoms with Gasteiger partial charge in [0.1, 0.15) is 5.01 Å². The number of rotatable bonds is 3. The minimum absolute atomic E-state index is 0.0720. The molecule has 2 aromatic heterocycles. The molecule has 3 nitrogen and oxygen atoms in total. The van der Waals surface area contributed by atoms with Crippen molar-refractivity contribution in [2.24, 2.45) is 0 Å². The summed E-state index contributed by atoms with van der Waals surface area (Å²) in [5, 5.41) is 3.60. The first-order valence-electron chi connectivity index (χ1n) is 6.89. The van der Waals surface area contributed by atoms with Gasteiger partial charge in [-0.05, 0) is 38.5 Å². The van der Waals surface area contributed by atoms with E-state index in [4.69, 9.17) is 11.6 Å². The van der Waals surface area contributed by atoms with Gasteiger partial charge in [0.15, 0.2) is 5.78 Å². The van der Waals surface area contributed by atoms with Gasteiger partial charge in [-0.25, -0.2) is 4.98 Å². The molecule has 0 spiro atoms. The van der Waals surface area contributed by atoms with E-state index in [0.29, 0.717) is 5.02 Å². The molecule has 1 aromatic carbocycles. The first-order valence-corrected chi connectivity index (χ1v) is 8.15. The zero-order valence-corrected chi connectivity index (χ0v) is 14.1. The Morgan fingerprint density at radius 2 is 2.09 bits per heavy atom. The maximum Gasteiger partial charge on any atom is 0.161 e. The van der Waals surface area contributed by atoms with Crippen LogP contribution < -0.4 is 0 Å². The Hall–Kier alpha value is -1.91. The van der Waals surface area contributed by atoms with Crippen molar-refractivity contribution in [3.05, 3.63) is 51.5 Å². The van der Waals surface area contributed by atoms with Crippen molar-refractivity contribution < 1.29 is 4.79 Å². The lowest BCUT2D eigenvalue weighted by molar-refractivity contribution is 0.101. The molecule has 3 aromatic rings. The fourth-order valence-electron chi connectivity index (χ4n) is 2.68. The summed E-state index contributed by atoms with van der Waals surface area (Å²) in [6.07, 6.45) is 0. The first-order chi connectivity index (χ1) is 10.5. The van der Waals surface area contributed by atoms with Crippen LogP contribution in [0.1, 0.15) is 28.5 Å². The van der Waals surface area contributed by atoms with Crippen molar-refractivity contribution in [3.63, 3.8) is 0 Å². The van der Waals surface area contributed by atoms with Crippen molar-refractivity contribution in [2.45, 2.75) is 20.8 Å². The quantitative estimate of drug-likeness (QED) is 0.664. The fourth-order valence-corrected chi connectivity index (χ4v) is 3.68. The summed E-state index contributed by atoms with van der Waals surface area (Å²) >= 11 is 7.60. The molecule has 2 heterocycles. The number of nitrogens with zero attached hydrogens (tertiary/aromatic N) is 1. The highest BCUT2D eigenvalue weighted by Crippen LogP contribution is 2.32. The van der Waals surface area contributed by atoms with Crippen LogP contribution in [0.15, 0.2) is 29.6 Å². The SMILES string of the molecule is CC(=O)c1c(C)[nH]c(-c2csc(-c3cccc(Cl)c3)n2)c1C. The summed E-state index contributed by atoms with van der Waals surface area (Å²) < 4.78 is 0. The van der Waals surface area contributed by atoms with Crippen molar-refractivity contribution in [3.8, 4) is 22.0 Å². The molecule has 3 rings (SSSR count). The van der Waals surface area contributed by atoms with E-state index in [-0.39, 0.29) is 5.78 Å². The second-order valence-corrected chi connectivity index (χ2v) is 6.52. The predicted octanol–water partition coefficient (Wildman–Crippen LogP) is 5.28. The van der Waals surface area contributed by atoms with Gasteiger partial charge in [-0.1, -0.05) is 23.7 Å². The standard InChI is InChI=1S/C17H15ClN2OS/c1-9-15(11(3)21)10(2)19-16(9)14-8-22-17(20-14)12-5-4-6-13(18)7-12/h4-8,19H,1-3H3. The Balaban J connectivity index is 2.05. The van der Waals surface area contributed by atoms with Gasteiger partial charge >= 0.3 is 0 Å². The Morgan fingerprint density at radius 1 is 1.32 bits per heavy atom. The number of aromatic amines is 1. The minimum Gasteiger partial charge on any atom is -0.356 e. The van der Waals surface area contributed by atoms with Crippen LogP contribution in [0.3, 0.4) is 0 Å². The van der Waals surface area contributed by atoms with Crippen LogP contribution in [0.25, 0.3) is 22.0 Å². The van der Waals surface area contributed by atoms with Crippen LogP contribution >= 0.6 is 22.9 Å². The highest BCUT2D eigenvalue weighted by molar-refractivity contribution is 7.13. The summed E-state index contributed by atoms with van der Waals surface area (Å²) in [6, 6.07) is 7.65. The number of carbonyl (C=O) groups excluding carboxylic acids is 1. The zero-order chi connectivity index (χ0) is 15.9. The van der Waals surface area contributed by atoms with Gasteiger partial charge in [0.2, 0.25) is 0 Å². The third-order valence-corrected chi connectivity index (χ3v) is 4.75. The molecular formula is C17H15ClN2OS. The Labute approximate surface area is 138 Å². The van der Waals surface area contributed by atoms with Crippen LogP contribution in [-0.2, 0) is 0 Å². The van der Waals surface area contributed by atoms with E-state index in [0.717, 1.165) is 38.8 Å². The number of carbonyl (C=O) groups is 1. The number of halogens is 1. The van der Waals surface area contributed by atoms with Crippen LogP contribution in [0.4, 0.5) is 0 Å². The molecule has 5 heteroatoms. The summed E-state index contributed by atoms with van der Waals surface area (Å²) in [6.45, 7) is 5.46. The van der Waals surface area contributed by atoms with Gasteiger partial charge in [-0.15, -0.1) is 11.3 Å². The van der Waals surface area contributed by atoms with Gasteiger partial charge in [-0.3, -0.25) is 4.79 Å². The average Bonchev–Trinajstić information content (AvgIpc) is 3.03. The lowest BCUT2D eigenvalue weighted by atomic mass is 10.1. The summed E-state index contributed by atoms with van der Waals surface area (Å²) in [5.74, 6) is 0.0720. The van der Waals surface area contributed by atoms with Gasteiger partial charge < -0.3 is 4.98 Å². The van der Waals surface area contributed by atoms with Gasteiger partial charge in [0.25, 0.3) is 0 Å². The number of nitrogens with one attached hydrogen (secondary N) is 1. The van der Waals surface area contributed by atoms with E-state index >= 15 is 0 Å². The summed E-state index contributed by atoms with van der Waals surface area (Å²) in [4.78, 5) is 19.7. The summed E-state index contributed by atoms with van der Waals surface area (Å²) in [5.41, 5.74) is 5.36. The predicted molar refractivity (Wildman–Crippen MR) is 91.8 cm³/mol. The molecule has 0 aliphatic heterocycles. The van der Waals surface area contributed by atoms with Crippen LogP contribution in [0.5, 0.6) is 0 Å². The molecule has 0 fully saturated rings. The van der Waals surface area contributed by atoms with Crippen LogP contribution in [0.2, 0.25) is 5.02 Å². The molecule has 22 heavy (non-hydrogen) atoms. The lowest BCUT2D eigenvalue weighted by Crippen LogP contribution is -1.94. The Kier molecular flexibility index (Phi) is 3.89. The Morgan fingerprint density at radius 3 is 2.73 bits per heavy atom. The lowest BCUT2D eigenvalue weighted by Gasteiger charge is -1.98. The number of ketones is 1. The van der Waals surface area contributed by atoms with E-state index in [1.54, 1.807) is 18.3 Å². The molecular weight excluding hydrogens is 316 g/mol. The molecule has 0 saturated heterocycles. The summed E-state index contributed by atoms with van der Waals surface area (Å²) in [7, 11) is 0. The molecule has 0 unspecified atom stereocenters. The van der Waals surface area contributed by atoms with Gasteiger partial charge in [0.05, 0.1) is 11.4 Å². The van der Waals surface area contributed by atoms with Gasteiger partial charge in [0, 0.05) is 27.2 Å². The normalized spacial score (nSPS) is 10.9. The second kappa shape index (κ2) is 5.71. The van der Waals surface area contributed by atoms with Crippen LogP contribution in [-0.4, -0.2) is 15.8 Å². The maximum absolute atomic E-state index is 11.7. The van der Waals surface area contributed by atoms with Crippen molar-refractivity contribution in [1.29, 1.82) is 0 Å². The fraction of sp³-hybridized carbons (Fsp3) is 0.176. The van der Waals surface area contributed by atoms with E-state index < -0.39 is 0 Å². The number of thiazole rings is 1. The van der Waals surface area contributed by atoms with E-state index in [1.807, 2.05) is 43.5 Å². The number of hydrogen-bond donors (Lipinski definition) is 1. The van der Waals surface area contributed by atoms with E-state index in [1.165, 1.54) is 0 Å². The topological polar surface area (TPSA) is 45.8 Å². The average molecular weight is 331 g/mol. The third kappa shape index (κ3) is 2.60. The maximum atomic E-state index is 11.7. The Bertz CT molecular complexity index is 863. The number of hydrogen-bond acceptors (Lipinski definition) is 3. The van der Waals surface area contributed by atoms with Crippen molar-refractivity contribution >= 4 is 28.7 Å². The zero-order valence-electron chi connectivity index (χ0n) is 12.5. The molecule has 0 bridgehead atoms. The van der Waals surface area contributed by atoms with E-state index in [2.05, 4.69) is 9.97 Å². The number of aryl methyl sites for hydroxylation is 1. The molecule has 0 aliphatic rings. The van der Waals surface area contributed by atoms with Gasteiger partial charge in [-0.2, -0.15) is 0 Å². The highest BCUT2D eigenvalue weighted by Gasteiger charge is 2.18. The molecule has 0 aliphatic carbocycles. The molecule has 0 saturated carbocycles.